The number of carbonyl (C=O) groups is 3. The van der Waals surface area contributed by atoms with Crippen molar-refractivity contribution in [1.29, 1.82) is 0 Å². The second-order valence-electron chi connectivity index (χ2n) is 7.40. The van der Waals surface area contributed by atoms with Crippen LogP contribution in [-0.4, -0.2) is 40.8 Å². The second kappa shape index (κ2) is 7.10. The Morgan fingerprint density at radius 2 is 2.07 bits per heavy atom. The summed E-state index contributed by atoms with van der Waals surface area (Å²) in [6.07, 6.45) is 3.69. The van der Waals surface area contributed by atoms with Gasteiger partial charge in [0.25, 0.3) is 5.91 Å². The van der Waals surface area contributed by atoms with Crippen LogP contribution in [0.25, 0.3) is 10.9 Å². The summed E-state index contributed by atoms with van der Waals surface area (Å²) in [7, 11) is 0. The monoisotopic (exact) mass is 366 g/mol. The zero-order valence-electron chi connectivity index (χ0n) is 15.4. The molecule has 0 bridgehead atoms. The first-order valence-electron chi connectivity index (χ1n) is 9.45. The first kappa shape index (κ1) is 17.6. The SMILES string of the molecule is C[C@H]1CCc2nc3ccccc3c(C(=O)OCC(=O)N3CCCC3=O)c2C1. The van der Waals surface area contributed by atoms with Gasteiger partial charge in [-0.3, -0.25) is 19.5 Å². The molecule has 1 aliphatic carbocycles. The van der Waals surface area contributed by atoms with Gasteiger partial charge in [0.2, 0.25) is 5.91 Å². The molecule has 2 amide bonds. The van der Waals surface area contributed by atoms with Crippen LogP contribution in [-0.2, 0) is 27.2 Å². The molecule has 2 heterocycles. The lowest BCUT2D eigenvalue weighted by Gasteiger charge is -2.24. The van der Waals surface area contributed by atoms with Gasteiger partial charge in [-0.05, 0) is 43.2 Å². The Morgan fingerprint density at radius 1 is 1.26 bits per heavy atom. The predicted octanol–water partition coefficient (Wildman–Crippen LogP) is 2.67. The van der Waals surface area contributed by atoms with E-state index in [1.807, 2.05) is 24.3 Å². The fourth-order valence-corrected chi connectivity index (χ4v) is 3.98. The largest absolute Gasteiger partial charge is 0.452 e. The maximum atomic E-state index is 12.9. The lowest BCUT2D eigenvalue weighted by atomic mass is 9.84. The maximum Gasteiger partial charge on any atom is 0.339 e. The zero-order valence-corrected chi connectivity index (χ0v) is 15.4. The van der Waals surface area contributed by atoms with Crippen molar-refractivity contribution in [2.75, 3.05) is 13.2 Å². The van der Waals surface area contributed by atoms with Crippen molar-refractivity contribution in [2.24, 2.45) is 5.92 Å². The Kier molecular flexibility index (Phi) is 4.64. The van der Waals surface area contributed by atoms with E-state index in [0.717, 1.165) is 41.4 Å². The number of ether oxygens (including phenoxy) is 1. The highest BCUT2D eigenvalue weighted by molar-refractivity contribution is 6.06. The van der Waals surface area contributed by atoms with Gasteiger partial charge < -0.3 is 4.74 Å². The van der Waals surface area contributed by atoms with Crippen LogP contribution in [0, 0.1) is 5.92 Å². The minimum absolute atomic E-state index is 0.198. The Morgan fingerprint density at radius 3 is 2.85 bits per heavy atom. The van der Waals surface area contributed by atoms with Crippen LogP contribution < -0.4 is 0 Å². The number of nitrogens with zero attached hydrogens (tertiary/aromatic N) is 2. The lowest BCUT2D eigenvalue weighted by molar-refractivity contribution is -0.143. The van der Waals surface area contributed by atoms with Crippen LogP contribution in [0.5, 0.6) is 0 Å². The van der Waals surface area contributed by atoms with Crippen molar-refractivity contribution in [3.63, 3.8) is 0 Å². The molecular formula is C21H22N2O4. The topological polar surface area (TPSA) is 76.6 Å². The van der Waals surface area contributed by atoms with Gasteiger partial charge >= 0.3 is 5.97 Å². The van der Waals surface area contributed by atoms with Gasteiger partial charge in [-0.15, -0.1) is 0 Å². The number of aryl methyl sites for hydroxylation is 1. The predicted molar refractivity (Wildman–Crippen MR) is 99.2 cm³/mol. The van der Waals surface area contributed by atoms with Crippen molar-refractivity contribution in [3.05, 3.63) is 41.1 Å². The van der Waals surface area contributed by atoms with Crippen molar-refractivity contribution >= 4 is 28.7 Å². The zero-order chi connectivity index (χ0) is 19.0. The van der Waals surface area contributed by atoms with Crippen LogP contribution >= 0.6 is 0 Å². The van der Waals surface area contributed by atoms with Crippen LogP contribution in [0.15, 0.2) is 24.3 Å². The number of aromatic nitrogens is 1. The van der Waals surface area contributed by atoms with Gasteiger partial charge in [0.1, 0.15) is 0 Å². The standard InChI is InChI=1S/C21H22N2O4/c1-13-8-9-17-15(11-13)20(14-5-2-3-6-16(14)22-17)21(26)27-12-19(25)23-10-4-7-18(23)24/h2-3,5-6,13H,4,7-12H2,1H3/t13-/m0/s1. The van der Waals surface area contributed by atoms with Crippen molar-refractivity contribution in [2.45, 2.75) is 39.0 Å². The minimum atomic E-state index is -0.515. The third kappa shape index (κ3) is 3.31. The molecule has 6 heteroatoms. The van der Waals surface area contributed by atoms with Crippen LogP contribution in [0.3, 0.4) is 0 Å². The molecule has 0 unspecified atom stereocenters. The summed E-state index contributed by atoms with van der Waals surface area (Å²) in [5.74, 6) is -0.696. The molecule has 1 atom stereocenters. The highest BCUT2D eigenvalue weighted by Gasteiger charge is 2.29. The highest BCUT2D eigenvalue weighted by Crippen LogP contribution is 2.32. The molecule has 0 saturated carbocycles. The smallest absolute Gasteiger partial charge is 0.339 e. The first-order valence-corrected chi connectivity index (χ1v) is 9.45. The quantitative estimate of drug-likeness (QED) is 0.781. The molecule has 1 saturated heterocycles. The number of hydrogen-bond donors (Lipinski definition) is 0. The third-order valence-electron chi connectivity index (χ3n) is 5.41. The van der Waals surface area contributed by atoms with E-state index in [0.29, 0.717) is 30.9 Å². The molecule has 0 spiro atoms. The number of rotatable bonds is 3. The molecule has 1 aromatic carbocycles. The molecule has 4 rings (SSSR count). The van der Waals surface area contributed by atoms with Gasteiger partial charge in [-0.2, -0.15) is 0 Å². The molecule has 1 fully saturated rings. The number of hydrogen-bond acceptors (Lipinski definition) is 5. The molecule has 0 N–H and O–H groups in total. The normalized spacial score (nSPS) is 19.2. The van der Waals surface area contributed by atoms with E-state index in [1.165, 1.54) is 4.90 Å². The molecule has 1 aliphatic heterocycles. The number of benzene rings is 1. The van der Waals surface area contributed by atoms with Crippen LogP contribution in [0.1, 0.15) is 47.8 Å². The Bertz CT molecular complexity index is 937. The lowest BCUT2D eigenvalue weighted by Crippen LogP contribution is -2.35. The number of amides is 2. The molecule has 2 aliphatic rings. The first-order chi connectivity index (χ1) is 13.0. The molecule has 6 nitrogen and oxygen atoms in total. The summed E-state index contributed by atoms with van der Waals surface area (Å²) in [6.45, 7) is 2.15. The van der Waals surface area contributed by atoms with Gasteiger partial charge in [0, 0.05) is 24.0 Å². The van der Waals surface area contributed by atoms with Gasteiger partial charge in [0.15, 0.2) is 6.61 Å². The van der Waals surface area contributed by atoms with Gasteiger partial charge in [-0.25, -0.2) is 4.79 Å². The molecule has 1 aromatic heterocycles. The summed E-state index contributed by atoms with van der Waals surface area (Å²) >= 11 is 0. The van der Waals surface area contributed by atoms with E-state index in [9.17, 15) is 14.4 Å². The minimum Gasteiger partial charge on any atom is -0.452 e. The van der Waals surface area contributed by atoms with Crippen LogP contribution in [0.4, 0.5) is 0 Å². The van der Waals surface area contributed by atoms with Crippen molar-refractivity contribution in [3.8, 4) is 0 Å². The van der Waals surface area contributed by atoms with E-state index in [2.05, 4.69) is 6.92 Å². The van der Waals surface area contributed by atoms with E-state index in [4.69, 9.17) is 9.72 Å². The fourth-order valence-electron chi connectivity index (χ4n) is 3.98. The number of pyridine rings is 1. The van der Waals surface area contributed by atoms with Gasteiger partial charge in [-0.1, -0.05) is 25.1 Å². The van der Waals surface area contributed by atoms with E-state index >= 15 is 0 Å². The average Bonchev–Trinajstić information content (AvgIpc) is 3.10. The number of likely N-dealkylation sites (tertiary alicyclic amines) is 1. The third-order valence-corrected chi connectivity index (χ3v) is 5.41. The fraction of sp³-hybridized carbons (Fsp3) is 0.429. The highest BCUT2D eigenvalue weighted by atomic mass is 16.5. The number of carbonyl (C=O) groups excluding carboxylic acids is 3. The Labute approximate surface area is 157 Å². The summed E-state index contributed by atoms with van der Waals surface area (Å²) in [5, 5.41) is 0.750. The van der Waals surface area contributed by atoms with E-state index in [-0.39, 0.29) is 5.91 Å². The van der Waals surface area contributed by atoms with Crippen LogP contribution in [0.2, 0.25) is 0 Å². The summed E-state index contributed by atoms with van der Waals surface area (Å²) in [4.78, 5) is 42.7. The Hall–Kier alpha value is -2.76. The molecule has 0 radical (unpaired) electrons. The van der Waals surface area contributed by atoms with E-state index < -0.39 is 18.5 Å². The number of esters is 1. The molecule has 2 aromatic rings. The average molecular weight is 366 g/mol. The molecule has 27 heavy (non-hydrogen) atoms. The molecule has 140 valence electrons. The number of fused-ring (bicyclic) bond motifs is 2. The summed E-state index contributed by atoms with van der Waals surface area (Å²) < 4.78 is 5.35. The van der Waals surface area contributed by atoms with E-state index in [1.54, 1.807) is 0 Å². The van der Waals surface area contributed by atoms with Gasteiger partial charge in [0.05, 0.1) is 11.1 Å². The van der Waals surface area contributed by atoms with Crippen molar-refractivity contribution in [1.82, 2.24) is 9.88 Å². The number of para-hydroxylation sites is 1. The summed E-state index contributed by atoms with van der Waals surface area (Å²) in [5.41, 5.74) is 3.16. The Balaban J connectivity index is 1.63. The number of imide groups is 1. The molecular weight excluding hydrogens is 344 g/mol. The maximum absolute atomic E-state index is 12.9. The summed E-state index contributed by atoms with van der Waals surface area (Å²) in [6, 6.07) is 7.51. The second-order valence-corrected chi connectivity index (χ2v) is 7.40. The van der Waals surface area contributed by atoms with Crippen molar-refractivity contribution < 1.29 is 19.1 Å².